The average Bonchev–Trinajstić information content (AvgIpc) is 2.41. The molecule has 0 aliphatic rings. The van der Waals surface area contributed by atoms with Crippen molar-refractivity contribution in [2.45, 2.75) is 47.8 Å². The Bertz CT molecular complexity index is 701. The Morgan fingerprint density at radius 2 is 0.688 bits per heavy atom. The summed E-state index contributed by atoms with van der Waals surface area (Å²) >= 11 is 0. The number of halogens is 17. The van der Waals surface area contributed by atoms with E-state index in [0.717, 1.165) is 0 Å². The summed E-state index contributed by atoms with van der Waals surface area (Å²) in [6.07, 6.45) is -15.6. The monoisotopic (exact) mass is 592 g/mol. The molecule has 0 aliphatic carbocycles. The van der Waals surface area contributed by atoms with Crippen LogP contribution in [0.4, 0.5) is 74.6 Å². The Labute approximate surface area is 248 Å². The molecule has 0 saturated carbocycles. The van der Waals surface area contributed by atoms with E-state index in [4.69, 9.17) is 0 Å². The molecule has 0 fully saturated rings. The Kier molecular flexibility index (Phi) is 12.7. The number of phosphoric ester groups is 1. The predicted molar refractivity (Wildman–Crippen MR) is 49.4 cm³/mol. The van der Waals surface area contributed by atoms with Crippen LogP contribution in [0, 0.1) is 0 Å². The molecule has 0 aromatic heterocycles. The molecule has 0 amide bonds. The zero-order valence-corrected chi connectivity index (χ0v) is 21.6. The number of alkyl halides is 17. The van der Waals surface area contributed by atoms with Gasteiger partial charge in [-0.3, -0.25) is 4.52 Å². The van der Waals surface area contributed by atoms with Crippen LogP contribution in [0.5, 0.6) is 0 Å². The molecule has 0 rings (SSSR count). The molecular weight excluding hydrogens is 592 g/mol. The topological polar surface area (TPSA) is 72.4 Å². The van der Waals surface area contributed by atoms with Crippen molar-refractivity contribution in [1.82, 2.24) is 0 Å². The van der Waals surface area contributed by atoms with Gasteiger partial charge in [0.15, 0.2) is 0 Å². The van der Waals surface area contributed by atoms with Gasteiger partial charge in [-0.05, 0) is 0 Å². The van der Waals surface area contributed by atoms with E-state index in [1.807, 2.05) is 0 Å². The maximum Gasteiger partial charge on any atom is 1.00 e. The third-order valence-electron chi connectivity index (χ3n) is 2.92. The molecule has 4 nitrogen and oxygen atoms in total. The van der Waals surface area contributed by atoms with Gasteiger partial charge >= 0.3 is 151 Å². The molecular formula is C8F17K2O4P. The Hall–Kier alpha value is 2.19. The summed E-state index contributed by atoms with van der Waals surface area (Å²) < 4.78 is 227. The van der Waals surface area contributed by atoms with E-state index in [2.05, 4.69) is 0 Å². The second-order valence-electron chi connectivity index (χ2n) is 5.00. The minimum atomic E-state index is -8.88. The smallest absolute Gasteiger partial charge is 0.790 e. The van der Waals surface area contributed by atoms with Crippen LogP contribution in [0.2, 0.25) is 0 Å². The minimum Gasteiger partial charge on any atom is -0.790 e. The number of phosphoric acid groups is 1. The fourth-order valence-corrected chi connectivity index (χ4v) is 1.74. The number of rotatable bonds is 8. The maximum absolute atomic E-state index is 13.1. The molecule has 0 unspecified atom stereocenters. The first-order valence-corrected chi connectivity index (χ1v) is 7.36. The average molecular weight is 592 g/mol. The first kappa shape index (κ1) is 38.7. The summed E-state index contributed by atoms with van der Waals surface area (Å²) in [5, 5.41) is 0. The summed E-state index contributed by atoms with van der Waals surface area (Å²) in [6, 6.07) is 0. The van der Waals surface area contributed by atoms with E-state index in [0.29, 0.717) is 0 Å². The second kappa shape index (κ2) is 10.5. The second-order valence-corrected chi connectivity index (χ2v) is 6.08. The zero-order chi connectivity index (χ0) is 25.2. The summed E-state index contributed by atoms with van der Waals surface area (Å²) in [7, 11) is -7.54. The fraction of sp³-hybridized carbons (Fsp3) is 1.00. The van der Waals surface area contributed by atoms with Crippen molar-refractivity contribution in [3.05, 3.63) is 0 Å². The van der Waals surface area contributed by atoms with Crippen LogP contribution in [0.1, 0.15) is 0 Å². The quantitative estimate of drug-likeness (QED) is 0.183. The molecule has 32 heavy (non-hydrogen) atoms. The van der Waals surface area contributed by atoms with Crippen molar-refractivity contribution in [3.63, 3.8) is 0 Å². The summed E-state index contributed by atoms with van der Waals surface area (Å²) in [4.78, 5) is 19.6. The van der Waals surface area contributed by atoms with Crippen LogP contribution < -0.4 is 113 Å². The van der Waals surface area contributed by atoms with Gasteiger partial charge in [-0.1, -0.05) is 0 Å². The van der Waals surface area contributed by atoms with E-state index in [1.165, 1.54) is 4.52 Å². The molecule has 0 bridgehead atoms. The molecule has 0 heterocycles. The summed E-state index contributed by atoms with van der Waals surface area (Å²) in [5.74, 6) is -51.9. The van der Waals surface area contributed by atoms with Crippen molar-refractivity contribution >= 4 is 7.82 Å². The van der Waals surface area contributed by atoms with Crippen molar-refractivity contribution in [2.24, 2.45) is 0 Å². The SMILES string of the molecule is O=P([O-])([O-])OC(F)(F)C(F)(F)C(F)(F)C(F)(F)C(F)(F)C(F)(F)C(F)(F)C(F)(F)F.[K+].[K+]. The van der Waals surface area contributed by atoms with Crippen LogP contribution in [-0.4, -0.2) is 47.8 Å². The van der Waals surface area contributed by atoms with E-state index in [-0.39, 0.29) is 103 Å². The standard InChI is InChI=1S/C8H2F17O4P.2K/c9-1(10,3(13,14)5(17,18)7(21,22)23)2(11,12)4(15,16)6(19,20)8(24,25)29-30(26,27)28;;/h(H2,26,27,28);;/q;2*+1/p-2. The van der Waals surface area contributed by atoms with E-state index < -0.39 is 55.6 Å². The summed E-state index contributed by atoms with van der Waals surface area (Å²) in [5.41, 5.74) is 0. The Balaban J connectivity index is -0.00000420. The largest absolute Gasteiger partial charge is 1.00 e. The first-order valence-electron chi connectivity index (χ1n) is 5.90. The minimum absolute atomic E-state index is 0. The van der Waals surface area contributed by atoms with Crippen LogP contribution >= 0.6 is 7.82 Å². The van der Waals surface area contributed by atoms with Gasteiger partial charge < -0.3 is 14.4 Å². The van der Waals surface area contributed by atoms with Crippen LogP contribution in [0.25, 0.3) is 0 Å². The van der Waals surface area contributed by atoms with Gasteiger partial charge in [0.05, 0.1) is 7.82 Å². The van der Waals surface area contributed by atoms with Crippen molar-refractivity contribution in [3.8, 4) is 0 Å². The molecule has 0 radical (unpaired) electrons. The fourth-order valence-electron chi connectivity index (χ4n) is 1.35. The van der Waals surface area contributed by atoms with Crippen molar-refractivity contribution in [2.75, 3.05) is 0 Å². The third kappa shape index (κ3) is 6.18. The Morgan fingerprint density at radius 3 is 0.906 bits per heavy atom. The molecule has 0 atom stereocenters. The third-order valence-corrected chi connectivity index (χ3v) is 3.37. The van der Waals surface area contributed by atoms with Gasteiger partial charge in [-0.25, -0.2) is 0 Å². The molecule has 0 N–H and O–H groups in total. The molecule has 24 heteroatoms. The van der Waals surface area contributed by atoms with Gasteiger partial charge in [-0.15, -0.1) is 0 Å². The van der Waals surface area contributed by atoms with E-state index in [1.54, 1.807) is 0 Å². The zero-order valence-electron chi connectivity index (χ0n) is 14.5. The van der Waals surface area contributed by atoms with Gasteiger partial charge in [0, 0.05) is 0 Å². The van der Waals surface area contributed by atoms with Gasteiger partial charge in [0.1, 0.15) is 0 Å². The maximum atomic E-state index is 13.1. The molecule has 182 valence electrons. The first-order chi connectivity index (χ1) is 12.5. The number of hydrogen-bond acceptors (Lipinski definition) is 4. The molecule has 0 aliphatic heterocycles. The van der Waals surface area contributed by atoms with Crippen LogP contribution in [0.3, 0.4) is 0 Å². The van der Waals surface area contributed by atoms with Crippen LogP contribution in [-0.2, 0) is 9.09 Å². The number of hydrogen-bond donors (Lipinski definition) is 0. The Morgan fingerprint density at radius 1 is 0.469 bits per heavy atom. The van der Waals surface area contributed by atoms with Crippen molar-refractivity contribution < 1.29 is 196 Å². The van der Waals surface area contributed by atoms with Crippen LogP contribution in [0.15, 0.2) is 0 Å². The van der Waals surface area contributed by atoms with E-state index in [9.17, 15) is 89.0 Å². The molecule has 0 saturated heterocycles. The summed E-state index contributed by atoms with van der Waals surface area (Å²) in [6.45, 7) is 0. The van der Waals surface area contributed by atoms with Gasteiger partial charge in [-0.2, -0.15) is 74.6 Å². The normalized spacial score (nSPS) is 15.7. The van der Waals surface area contributed by atoms with Gasteiger partial charge in [0.25, 0.3) is 0 Å². The van der Waals surface area contributed by atoms with Gasteiger partial charge in [0.2, 0.25) is 0 Å². The molecule has 0 spiro atoms. The predicted octanol–water partition coefficient (Wildman–Crippen LogP) is -2.19. The molecule has 0 aromatic carbocycles. The van der Waals surface area contributed by atoms with E-state index >= 15 is 0 Å². The molecule has 0 aromatic rings. The van der Waals surface area contributed by atoms with Crippen molar-refractivity contribution in [1.29, 1.82) is 0 Å².